The molecule has 0 spiro atoms. The van der Waals surface area contributed by atoms with Crippen molar-refractivity contribution in [3.8, 4) is 0 Å². The second kappa shape index (κ2) is 5.07. The van der Waals surface area contributed by atoms with E-state index in [1.807, 2.05) is 6.08 Å². The molecule has 6 nitrogen and oxygen atoms in total. The minimum atomic E-state index is -1.15. The van der Waals surface area contributed by atoms with Gasteiger partial charge in [-0.25, -0.2) is 19.6 Å². The quantitative estimate of drug-likeness (QED) is 0.660. The van der Waals surface area contributed by atoms with Gasteiger partial charge in [0.2, 0.25) is 0 Å². The van der Waals surface area contributed by atoms with Gasteiger partial charge in [0.15, 0.2) is 0 Å². The van der Waals surface area contributed by atoms with Crippen molar-refractivity contribution in [1.29, 1.82) is 0 Å². The lowest BCUT2D eigenvalue weighted by Crippen LogP contribution is -2.50. The summed E-state index contributed by atoms with van der Waals surface area (Å²) < 4.78 is 5.16. The minimum Gasteiger partial charge on any atom is -0.464 e. The fourth-order valence-corrected chi connectivity index (χ4v) is 1.39. The van der Waals surface area contributed by atoms with Gasteiger partial charge in [0.25, 0.3) is 0 Å². The van der Waals surface area contributed by atoms with Gasteiger partial charge in [-0.2, -0.15) is 0 Å². The molecule has 1 rings (SSSR count). The van der Waals surface area contributed by atoms with Crippen LogP contribution in [0.3, 0.4) is 0 Å². The highest BCUT2D eigenvalue weighted by atomic mass is 16.6. The van der Waals surface area contributed by atoms with Crippen molar-refractivity contribution in [2.24, 2.45) is 0 Å². The molecule has 0 aromatic rings. The summed E-state index contributed by atoms with van der Waals surface area (Å²) >= 11 is 0. The van der Waals surface area contributed by atoms with Crippen molar-refractivity contribution in [3.63, 3.8) is 0 Å². The maximum Gasteiger partial charge on any atom is 0.429 e. The van der Waals surface area contributed by atoms with E-state index in [4.69, 9.17) is 9.84 Å². The van der Waals surface area contributed by atoms with E-state index in [1.54, 1.807) is 26.8 Å². The fraction of sp³-hybridized carbons (Fsp3) is 0.636. The Kier molecular flexibility index (Phi) is 3.98. The molecule has 0 saturated carbocycles. The smallest absolute Gasteiger partial charge is 0.429 e. The summed E-state index contributed by atoms with van der Waals surface area (Å²) in [7, 11) is 0. The summed E-state index contributed by atoms with van der Waals surface area (Å²) in [5, 5.41) is 11.1. The summed E-state index contributed by atoms with van der Waals surface area (Å²) in [4.78, 5) is 22.9. The summed E-state index contributed by atoms with van der Waals surface area (Å²) in [5.74, 6) is 0. The molecule has 1 aliphatic rings. The third-order valence-electron chi connectivity index (χ3n) is 2.07. The topological polar surface area (TPSA) is 70.1 Å². The standard InChI is InChI=1S/C11H18N2O4/c1-11(2,3)17-10(16)13-8-6-4-5-7-12(13)9(14)15/h4,6H,5,7-8H2,1-3H3,(H,14,15). The molecule has 1 aliphatic heterocycles. The van der Waals surface area contributed by atoms with Crippen molar-refractivity contribution in [2.45, 2.75) is 32.8 Å². The van der Waals surface area contributed by atoms with Crippen LogP contribution in [0.15, 0.2) is 12.2 Å². The highest BCUT2D eigenvalue weighted by molar-refractivity contribution is 5.73. The molecule has 0 aromatic heterocycles. The Labute approximate surface area is 100 Å². The van der Waals surface area contributed by atoms with E-state index in [1.165, 1.54) is 0 Å². The number of ether oxygens (including phenoxy) is 1. The Morgan fingerprint density at radius 3 is 2.41 bits per heavy atom. The van der Waals surface area contributed by atoms with Crippen molar-refractivity contribution >= 4 is 12.2 Å². The van der Waals surface area contributed by atoms with Gasteiger partial charge in [0.1, 0.15) is 5.60 Å². The molecule has 0 bridgehead atoms. The summed E-state index contributed by atoms with van der Waals surface area (Å²) in [6.07, 6.45) is 2.39. The van der Waals surface area contributed by atoms with E-state index in [-0.39, 0.29) is 13.1 Å². The first-order valence-electron chi connectivity index (χ1n) is 5.47. The number of carbonyl (C=O) groups is 2. The molecule has 17 heavy (non-hydrogen) atoms. The molecule has 0 unspecified atom stereocenters. The van der Waals surface area contributed by atoms with Gasteiger partial charge in [-0.15, -0.1) is 0 Å². The third kappa shape index (κ3) is 3.97. The second-order valence-corrected chi connectivity index (χ2v) is 4.73. The first-order chi connectivity index (χ1) is 7.81. The van der Waals surface area contributed by atoms with Crippen molar-refractivity contribution < 1.29 is 19.4 Å². The second-order valence-electron chi connectivity index (χ2n) is 4.73. The SMILES string of the molecule is CC(C)(C)OC(=O)N1CC=CCCN1C(=O)O. The molecule has 0 aliphatic carbocycles. The monoisotopic (exact) mass is 242 g/mol. The van der Waals surface area contributed by atoms with Crippen LogP contribution < -0.4 is 0 Å². The zero-order valence-electron chi connectivity index (χ0n) is 10.3. The Morgan fingerprint density at radius 1 is 1.24 bits per heavy atom. The Morgan fingerprint density at radius 2 is 1.88 bits per heavy atom. The average molecular weight is 242 g/mol. The molecule has 96 valence electrons. The van der Waals surface area contributed by atoms with Gasteiger partial charge in [-0.3, -0.25) is 0 Å². The van der Waals surface area contributed by atoms with Crippen LogP contribution in [0, 0.1) is 0 Å². The van der Waals surface area contributed by atoms with Crippen LogP contribution in [0.5, 0.6) is 0 Å². The lowest BCUT2D eigenvalue weighted by Gasteiger charge is -2.32. The van der Waals surface area contributed by atoms with Crippen LogP contribution in [0.2, 0.25) is 0 Å². The van der Waals surface area contributed by atoms with Gasteiger partial charge in [-0.1, -0.05) is 12.2 Å². The fourth-order valence-electron chi connectivity index (χ4n) is 1.39. The molecule has 0 aromatic carbocycles. The average Bonchev–Trinajstić information content (AvgIpc) is 2.39. The van der Waals surface area contributed by atoms with Crippen LogP contribution in [0.25, 0.3) is 0 Å². The van der Waals surface area contributed by atoms with Crippen LogP contribution in [-0.2, 0) is 4.74 Å². The Balaban J connectivity index is 2.79. The number of hydrogen-bond acceptors (Lipinski definition) is 3. The summed E-state index contributed by atoms with van der Waals surface area (Å²) in [6, 6.07) is 0. The van der Waals surface area contributed by atoms with Crippen LogP contribution in [0.4, 0.5) is 9.59 Å². The molecular formula is C11H18N2O4. The largest absolute Gasteiger partial charge is 0.464 e. The van der Waals surface area contributed by atoms with Crippen molar-refractivity contribution in [1.82, 2.24) is 10.0 Å². The summed E-state index contributed by atoms with van der Waals surface area (Å²) in [5.41, 5.74) is -0.642. The Hall–Kier alpha value is -1.72. The number of carboxylic acid groups (broad SMARTS) is 1. The van der Waals surface area contributed by atoms with Gasteiger partial charge in [-0.05, 0) is 27.2 Å². The molecule has 0 saturated heterocycles. The predicted molar refractivity (Wildman–Crippen MR) is 61.4 cm³/mol. The molecule has 6 heteroatoms. The normalized spacial score (nSPS) is 16.6. The van der Waals surface area contributed by atoms with E-state index < -0.39 is 17.8 Å². The van der Waals surface area contributed by atoms with Gasteiger partial charge < -0.3 is 9.84 Å². The third-order valence-corrected chi connectivity index (χ3v) is 2.07. The first kappa shape index (κ1) is 13.3. The number of rotatable bonds is 0. The number of carbonyl (C=O) groups excluding carboxylic acids is 1. The molecule has 1 heterocycles. The van der Waals surface area contributed by atoms with Crippen LogP contribution >= 0.6 is 0 Å². The molecule has 0 radical (unpaired) electrons. The van der Waals surface area contributed by atoms with Crippen molar-refractivity contribution in [3.05, 3.63) is 12.2 Å². The molecular weight excluding hydrogens is 224 g/mol. The van der Waals surface area contributed by atoms with Crippen LogP contribution in [-0.4, -0.2) is 46.0 Å². The van der Waals surface area contributed by atoms with E-state index in [9.17, 15) is 9.59 Å². The van der Waals surface area contributed by atoms with Gasteiger partial charge >= 0.3 is 12.2 Å². The number of nitrogens with zero attached hydrogens (tertiary/aromatic N) is 2. The number of hydrazine groups is 1. The van der Waals surface area contributed by atoms with E-state index in [2.05, 4.69) is 0 Å². The lowest BCUT2D eigenvalue weighted by atomic mass is 10.2. The van der Waals surface area contributed by atoms with Crippen LogP contribution in [0.1, 0.15) is 27.2 Å². The maximum absolute atomic E-state index is 11.8. The zero-order valence-corrected chi connectivity index (χ0v) is 10.3. The summed E-state index contributed by atoms with van der Waals surface area (Å²) in [6.45, 7) is 5.68. The first-order valence-corrected chi connectivity index (χ1v) is 5.47. The van der Waals surface area contributed by atoms with Crippen molar-refractivity contribution in [2.75, 3.05) is 13.1 Å². The van der Waals surface area contributed by atoms with E-state index >= 15 is 0 Å². The highest BCUT2D eigenvalue weighted by Crippen LogP contribution is 2.14. The zero-order chi connectivity index (χ0) is 13.1. The maximum atomic E-state index is 11.8. The molecule has 0 atom stereocenters. The highest BCUT2D eigenvalue weighted by Gasteiger charge is 2.29. The Bertz CT molecular complexity index is 333. The van der Waals surface area contributed by atoms with E-state index in [0.717, 1.165) is 10.0 Å². The minimum absolute atomic E-state index is 0.210. The van der Waals surface area contributed by atoms with Gasteiger partial charge in [0.05, 0.1) is 6.54 Å². The number of amides is 2. The predicted octanol–water partition coefficient (Wildman–Crippen LogP) is 2.08. The molecule has 1 N–H and O–H groups in total. The molecule has 2 amide bonds. The lowest BCUT2D eigenvalue weighted by molar-refractivity contribution is -0.0337. The van der Waals surface area contributed by atoms with Gasteiger partial charge in [0, 0.05) is 6.54 Å². The number of hydrogen-bond donors (Lipinski definition) is 1. The molecule has 0 fully saturated rings. The van der Waals surface area contributed by atoms with E-state index in [0.29, 0.717) is 6.42 Å².